The molecule has 0 atom stereocenters. The third-order valence-electron chi connectivity index (χ3n) is 4.48. The topological polar surface area (TPSA) is 56.8 Å². The van der Waals surface area contributed by atoms with Gasteiger partial charge in [0.15, 0.2) is 0 Å². The zero-order valence-electron chi connectivity index (χ0n) is 16.9. The van der Waals surface area contributed by atoms with Crippen molar-refractivity contribution in [3.63, 3.8) is 0 Å². The second-order valence-electron chi connectivity index (χ2n) is 6.45. The molecule has 3 aromatic carbocycles. The van der Waals surface area contributed by atoms with Crippen LogP contribution in [0.3, 0.4) is 0 Å². The number of nitrogens with one attached hydrogen (secondary N) is 1. The van der Waals surface area contributed by atoms with Crippen molar-refractivity contribution in [2.24, 2.45) is 0 Å². The number of methoxy groups -OCH3 is 2. The van der Waals surface area contributed by atoms with Crippen LogP contribution in [-0.4, -0.2) is 26.7 Å². The monoisotopic (exact) mass is 391 g/mol. The lowest BCUT2D eigenvalue weighted by Gasteiger charge is -2.13. The van der Waals surface area contributed by atoms with Gasteiger partial charge in [-0.2, -0.15) is 0 Å². The van der Waals surface area contributed by atoms with Crippen LogP contribution in [0.2, 0.25) is 0 Å². The van der Waals surface area contributed by atoms with Gasteiger partial charge >= 0.3 is 0 Å². The molecule has 0 heterocycles. The lowest BCUT2D eigenvalue weighted by molar-refractivity contribution is -0.115. The number of hydrogen-bond acceptors (Lipinski definition) is 4. The van der Waals surface area contributed by atoms with E-state index in [2.05, 4.69) is 5.32 Å². The van der Waals surface area contributed by atoms with Gasteiger partial charge in [-0.25, -0.2) is 0 Å². The van der Waals surface area contributed by atoms with Crippen molar-refractivity contribution in [2.45, 2.75) is 13.3 Å². The Morgan fingerprint density at radius 3 is 2.17 bits per heavy atom. The molecule has 0 radical (unpaired) electrons. The Morgan fingerprint density at radius 1 is 0.862 bits per heavy atom. The fraction of sp³-hybridized carbons (Fsp3) is 0.208. The van der Waals surface area contributed by atoms with Gasteiger partial charge < -0.3 is 19.5 Å². The van der Waals surface area contributed by atoms with Crippen molar-refractivity contribution < 1.29 is 19.0 Å². The molecule has 5 nitrogen and oxygen atoms in total. The minimum absolute atomic E-state index is 0.0833. The Bertz CT molecular complexity index is 950. The summed E-state index contributed by atoms with van der Waals surface area (Å²) in [6.45, 7) is 2.56. The minimum atomic E-state index is -0.0833. The number of carbonyl (C=O) groups excluding carboxylic acids is 1. The number of rotatable bonds is 8. The molecule has 0 saturated heterocycles. The molecule has 0 bridgehead atoms. The highest BCUT2D eigenvalue weighted by molar-refractivity contribution is 5.93. The van der Waals surface area contributed by atoms with Gasteiger partial charge in [0.2, 0.25) is 5.91 Å². The lowest BCUT2D eigenvalue weighted by atomic mass is 10.0. The molecule has 0 aliphatic carbocycles. The second-order valence-corrected chi connectivity index (χ2v) is 6.45. The van der Waals surface area contributed by atoms with Gasteiger partial charge in [0.05, 0.1) is 27.2 Å². The molecule has 0 spiro atoms. The van der Waals surface area contributed by atoms with E-state index in [1.807, 2.05) is 73.7 Å². The minimum Gasteiger partial charge on any atom is -0.497 e. The average molecular weight is 391 g/mol. The Morgan fingerprint density at radius 2 is 1.55 bits per heavy atom. The fourth-order valence-electron chi connectivity index (χ4n) is 3.04. The highest BCUT2D eigenvalue weighted by atomic mass is 16.5. The van der Waals surface area contributed by atoms with Gasteiger partial charge in [-0.15, -0.1) is 0 Å². The molecule has 3 rings (SSSR count). The number of ether oxygens (including phenoxy) is 3. The van der Waals surface area contributed by atoms with Crippen LogP contribution in [0.5, 0.6) is 17.2 Å². The molecular weight excluding hydrogens is 366 g/mol. The maximum absolute atomic E-state index is 12.5. The number of amides is 1. The van der Waals surface area contributed by atoms with E-state index in [-0.39, 0.29) is 12.3 Å². The van der Waals surface area contributed by atoms with E-state index in [0.29, 0.717) is 12.3 Å². The van der Waals surface area contributed by atoms with Crippen LogP contribution in [-0.2, 0) is 11.2 Å². The third kappa shape index (κ3) is 5.29. The number of carbonyl (C=O) groups is 1. The van der Waals surface area contributed by atoms with Crippen molar-refractivity contribution in [1.82, 2.24) is 0 Å². The first-order valence-corrected chi connectivity index (χ1v) is 9.47. The van der Waals surface area contributed by atoms with Crippen molar-refractivity contribution in [3.05, 3.63) is 72.3 Å². The van der Waals surface area contributed by atoms with E-state index >= 15 is 0 Å². The maximum atomic E-state index is 12.5. The molecular formula is C24H25NO4. The first-order valence-electron chi connectivity index (χ1n) is 9.47. The zero-order chi connectivity index (χ0) is 20.6. The predicted molar refractivity (Wildman–Crippen MR) is 115 cm³/mol. The molecule has 1 N–H and O–H groups in total. The van der Waals surface area contributed by atoms with E-state index in [1.165, 1.54) is 0 Å². The highest BCUT2D eigenvalue weighted by Gasteiger charge is 2.10. The molecule has 0 aliphatic heterocycles. The van der Waals surface area contributed by atoms with E-state index < -0.39 is 0 Å². The van der Waals surface area contributed by atoms with Crippen molar-refractivity contribution in [1.29, 1.82) is 0 Å². The summed E-state index contributed by atoms with van der Waals surface area (Å²) < 4.78 is 16.1. The van der Waals surface area contributed by atoms with Crippen LogP contribution in [0.4, 0.5) is 5.69 Å². The second kappa shape index (κ2) is 9.64. The molecule has 3 aromatic rings. The fourth-order valence-corrected chi connectivity index (χ4v) is 3.04. The summed E-state index contributed by atoms with van der Waals surface area (Å²) in [5, 5.41) is 2.96. The summed E-state index contributed by atoms with van der Waals surface area (Å²) in [5.41, 5.74) is 3.52. The van der Waals surface area contributed by atoms with Crippen LogP contribution >= 0.6 is 0 Å². The van der Waals surface area contributed by atoms with E-state index in [4.69, 9.17) is 14.2 Å². The van der Waals surface area contributed by atoms with Gasteiger partial charge in [0, 0.05) is 11.3 Å². The van der Waals surface area contributed by atoms with Gasteiger partial charge in [-0.3, -0.25) is 4.79 Å². The largest absolute Gasteiger partial charge is 0.497 e. The normalized spacial score (nSPS) is 10.3. The summed E-state index contributed by atoms with van der Waals surface area (Å²) in [6.07, 6.45) is 0.288. The number of benzene rings is 3. The van der Waals surface area contributed by atoms with Crippen molar-refractivity contribution in [2.75, 3.05) is 26.1 Å². The van der Waals surface area contributed by atoms with Crippen molar-refractivity contribution in [3.8, 4) is 28.4 Å². The lowest BCUT2D eigenvalue weighted by Crippen LogP contribution is -2.14. The summed E-state index contributed by atoms with van der Waals surface area (Å²) in [6, 6.07) is 20.9. The highest BCUT2D eigenvalue weighted by Crippen LogP contribution is 2.33. The zero-order valence-corrected chi connectivity index (χ0v) is 16.9. The Hall–Kier alpha value is -3.47. The Kier molecular flexibility index (Phi) is 6.74. The number of anilines is 1. The quantitative estimate of drug-likeness (QED) is 0.590. The van der Waals surface area contributed by atoms with Gasteiger partial charge in [0.25, 0.3) is 0 Å². The van der Waals surface area contributed by atoms with E-state index in [0.717, 1.165) is 33.9 Å². The van der Waals surface area contributed by atoms with Crippen LogP contribution in [0, 0.1) is 0 Å². The molecule has 1 amide bonds. The van der Waals surface area contributed by atoms with Crippen LogP contribution in [0.25, 0.3) is 11.1 Å². The molecule has 0 unspecified atom stereocenters. The third-order valence-corrected chi connectivity index (χ3v) is 4.48. The summed E-state index contributed by atoms with van der Waals surface area (Å²) in [7, 11) is 3.27. The smallest absolute Gasteiger partial charge is 0.228 e. The standard InChI is InChI=1S/C24H25NO4/c1-4-29-21-10-5-17(6-11-21)15-24(26)25-19-9-14-23(28-3)22(16-19)18-7-12-20(27-2)13-8-18/h5-14,16H,4,15H2,1-3H3,(H,25,26). The first kappa shape index (κ1) is 20.3. The average Bonchev–Trinajstić information content (AvgIpc) is 2.75. The first-order chi connectivity index (χ1) is 14.1. The van der Waals surface area contributed by atoms with Crippen LogP contribution in [0.15, 0.2) is 66.7 Å². The van der Waals surface area contributed by atoms with Gasteiger partial charge in [0.1, 0.15) is 17.2 Å². The molecule has 0 aromatic heterocycles. The van der Waals surface area contributed by atoms with Crippen LogP contribution < -0.4 is 19.5 Å². The predicted octanol–water partition coefficient (Wildman–Crippen LogP) is 4.95. The van der Waals surface area contributed by atoms with E-state index in [9.17, 15) is 4.79 Å². The maximum Gasteiger partial charge on any atom is 0.228 e. The molecule has 0 saturated carbocycles. The molecule has 0 fully saturated rings. The van der Waals surface area contributed by atoms with Crippen LogP contribution in [0.1, 0.15) is 12.5 Å². The Balaban J connectivity index is 1.73. The summed E-state index contributed by atoms with van der Waals surface area (Å²) in [4.78, 5) is 12.5. The SMILES string of the molecule is CCOc1ccc(CC(=O)Nc2ccc(OC)c(-c3ccc(OC)cc3)c2)cc1. The van der Waals surface area contributed by atoms with E-state index in [1.54, 1.807) is 14.2 Å². The molecule has 5 heteroatoms. The summed E-state index contributed by atoms with van der Waals surface area (Å²) in [5.74, 6) is 2.24. The Labute approximate surface area is 171 Å². The van der Waals surface area contributed by atoms with Gasteiger partial charge in [-0.1, -0.05) is 24.3 Å². The molecule has 29 heavy (non-hydrogen) atoms. The summed E-state index contributed by atoms with van der Waals surface area (Å²) >= 11 is 0. The molecule has 0 aliphatic rings. The number of hydrogen-bond donors (Lipinski definition) is 1. The van der Waals surface area contributed by atoms with Crippen molar-refractivity contribution >= 4 is 11.6 Å². The molecule has 150 valence electrons. The van der Waals surface area contributed by atoms with Gasteiger partial charge in [-0.05, 0) is 60.5 Å².